The first kappa shape index (κ1) is 18.3. The second kappa shape index (κ2) is 7.69. The summed E-state index contributed by atoms with van der Waals surface area (Å²) >= 11 is 1.31. The number of hydrogen-bond donors (Lipinski definition) is 2. The molecule has 0 fully saturated rings. The number of hydroxylamine groups is 1. The summed E-state index contributed by atoms with van der Waals surface area (Å²) < 4.78 is 13.4. The number of carbonyl (C=O) groups is 1. The lowest BCUT2D eigenvalue weighted by Crippen LogP contribution is -2.42. The fourth-order valence-electron chi connectivity index (χ4n) is 2.49. The molecule has 0 aliphatic carbocycles. The van der Waals surface area contributed by atoms with E-state index in [-0.39, 0.29) is 6.10 Å². The minimum Gasteiger partial charge on any atom is -0.392 e. The Balaban J connectivity index is 2.10. The SMILES string of the molecule is CC#Cc1ccc(C2=NOC(CC(C)(SC)C(=O)NO)C2)c(F)c1. The molecule has 2 rings (SSSR count). The van der Waals surface area contributed by atoms with Crippen molar-refractivity contribution in [3.63, 3.8) is 0 Å². The number of thioether (sulfide) groups is 1. The van der Waals surface area contributed by atoms with Crippen molar-refractivity contribution >= 4 is 23.4 Å². The summed E-state index contributed by atoms with van der Waals surface area (Å²) in [7, 11) is 0. The molecule has 2 atom stereocenters. The molecule has 0 spiro atoms. The second-order valence-electron chi connectivity index (χ2n) is 5.62. The van der Waals surface area contributed by atoms with E-state index < -0.39 is 16.5 Å². The Bertz CT molecular complexity index is 726. The van der Waals surface area contributed by atoms with Crippen LogP contribution in [0.4, 0.5) is 4.39 Å². The van der Waals surface area contributed by atoms with Crippen LogP contribution in [0.1, 0.15) is 37.8 Å². The molecule has 0 saturated heterocycles. The molecule has 0 saturated carbocycles. The Morgan fingerprint density at radius 2 is 2.38 bits per heavy atom. The van der Waals surface area contributed by atoms with Crippen molar-refractivity contribution < 1.29 is 19.2 Å². The predicted molar refractivity (Wildman–Crippen MR) is 91.4 cm³/mol. The van der Waals surface area contributed by atoms with E-state index in [1.54, 1.807) is 37.7 Å². The van der Waals surface area contributed by atoms with Gasteiger partial charge < -0.3 is 4.84 Å². The van der Waals surface area contributed by atoms with Gasteiger partial charge in [0.05, 0.1) is 10.5 Å². The standard InChI is InChI=1S/C17H19FN2O3S/c1-4-5-11-6-7-13(14(18)8-11)15-9-12(23-20-15)10-17(2,24-3)16(21)19-22/h6-8,12,22H,9-10H2,1-3H3,(H,19,21). The van der Waals surface area contributed by atoms with Gasteiger partial charge in [-0.3, -0.25) is 10.0 Å². The van der Waals surface area contributed by atoms with E-state index in [1.165, 1.54) is 17.8 Å². The normalized spacial score (nSPS) is 18.7. The van der Waals surface area contributed by atoms with Crippen molar-refractivity contribution in [1.29, 1.82) is 0 Å². The molecule has 1 amide bonds. The quantitative estimate of drug-likeness (QED) is 0.487. The van der Waals surface area contributed by atoms with Crippen LogP contribution in [0.25, 0.3) is 0 Å². The number of hydrogen-bond acceptors (Lipinski definition) is 5. The molecule has 128 valence electrons. The third kappa shape index (κ3) is 3.89. The maximum Gasteiger partial charge on any atom is 0.259 e. The Labute approximate surface area is 144 Å². The summed E-state index contributed by atoms with van der Waals surface area (Å²) in [6.07, 6.45) is 2.16. The summed E-state index contributed by atoms with van der Waals surface area (Å²) in [4.78, 5) is 17.2. The van der Waals surface area contributed by atoms with E-state index >= 15 is 0 Å². The lowest BCUT2D eigenvalue weighted by Gasteiger charge is -2.26. The highest BCUT2D eigenvalue weighted by Gasteiger charge is 2.38. The van der Waals surface area contributed by atoms with Crippen LogP contribution in [0.2, 0.25) is 0 Å². The molecule has 0 radical (unpaired) electrons. The molecule has 7 heteroatoms. The van der Waals surface area contributed by atoms with Crippen molar-refractivity contribution in [2.45, 2.75) is 37.5 Å². The molecular weight excluding hydrogens is 331 g/mol. The zero-order valence-corrected chi connectivity index (χ0v) is 14.5. The maximum atomic E-state index is 14.2. The number of rotatable bonds is 5. The van der Waals surface area contributed by atoms with Gasteiger partial charge in [0.2, 0.25) is 0 Å². The average Bonchev–Trinajstić information content (AvgIpc) is 3.02. The van der Waals surface area contributed by atoms with Crippen LogP contribution in [-0.2, 0) is 9.63 Å². The molecule has 0 aromatic heterocycles. The Morgan fingerprint density at radius 1 is 1.62 bits per heavy atom. The Kier molecular flexibility index (Phi) is 5.86. The molecule has 1 heterocycles. The number of nitrogens with zero attached hydrogens (tertiary/aromatic N) is 1. The third-order valence-electron chi connectivity index (χ3n) is 3.93. The average molecular weight is 350 g/mol. The van der Waals surface area contributed by atoms with Crippen LogP contribution >= 0.6 is 11.8 Å². The van der Waals surface area contributed by atoms with Gasteiger partial charge in [0.15, 0.2) is 0 Å². The number of halogens is 1. The highest BCUT2D eigenvalue weighted by Crippen LogP contribution is 2.32. The maximum absolute atomic E-state index is 14.2. The molecule has 2 N–H and O–H groups in total. The van der Waals surface area contributed by atoms with Crippen LogP contribution in [0.15, 0.2) is 23.4 Å². The number of nitrogens with one attached hydrogen (secondary N) is 1. The zero-order valence-electron chi connectivity index (χ0n) is 13.7. The highest BCUT2D eigenvalue weighted by atomic mass is 32.2. The van der Waals surface area contributed by atoms with Gasteiger partial charge in [-0.1, -0.05) is 11.1 Å². The summed E-state index contributed by atoms with van der Waals surface area (Å²) in [5.41, 5.74) is 3.15. The Hall–Kier alpha value is -2.04. The van der Waals surface area contributed by atoms with Crippen molar-refractivity contribution in [3.8, 4) is 11.8 Å². The van der Waals surface area contributed by atoms with Crippen molar-refractivity contribution in [3.05, 3.63) is 35.1 Å². The van der Waals surface area contributed by atoms with E-state index in [0.29, 0.717) is 29.7 Å². The minimum absolute atomic E-state index is 0.342. The van der Waals surface area contributed by atoms with Crippen molar-refractivity contribution in [2.24, 2.45) is 5.16 Å². The van der Waals surface area contributed by atoms with E-state index in [9.17, 15) is 9.18 Å². The molecule has 24 heavy (non-hydrogen) atoms. The monoisotopic (exact) mass is 350 g/mol. The highest BCUT2D eigenvalue weighted by molar-refractivity contribution is 8.00. The molecular formula is C17H19FN2O3S. The molecule has 1 aromatic carbocycles. The number of amides is 1. The first-order valence-corrected chi connectivity index (χ1v) is 8.61. The summed E-state index contributed by atoms with van der Waals surface area (Å²) in [6, 6.07) is 4.73. The van der Waals surface area contributed by atoms with Crippen LogP contribution in [0, 0.1) is 17.7 Å². The van der Waals surface area contributed by atoms with Gasteiger partial charge in [0.1, 0.15) is 11.9 Å². The Morgan fingerprint density at radius 3 is 2.96 bits per heavy atom. The lowest BCUT2D eigenvalue weighted by atomic mass is 9.96. The van der Waals surface area contributed by atoms with Gasteiger partial charge in [0.25, 0.3) is 5.91 Å². The van der Waals surface area contributed by atoms with Gasteiger partial charge in [-0.15, -0.1) is 17.7 Å². The summed E-state index contributed by atoms with van der Waals surface area (Å²) in [6.45, 7) is 3.40. The van der Waals surface area contributed by atoms with E-state index in [0.717, 1.165) is 0 Å². The van der Waals surface area contributed by atoms with Crippen LogP contribution < -0.4 is 5.48 Å². The molecule has 1 aliphatic heterocycles. The van der Waals surface area contributed by atoms with Gasteiger partial charge in [-0.25, -0.2) is 9.87 Å². The third-order valence-corrected chi connectivity index (χ3v) is 5.19. The van der Waals surface area contributed by atoms with Gasteiger partial charge in [-0.2, -0.15) is 0 Å². The van der Waals surface area contributed by atoms with Gasteiger partial charge in [-0.05, 0) is 38.3 Å². The molecule has 0 bridgehead atoms. The second-order valence-corrected chi connectivity index (χ2v) is 6.93. The van der Waals surface area contributed by atoms with Gasteiger partial charge in [0, 0.05) is 24.0 Å². The zero-order chi connectivity index (χ0) is 17.7. The molecule has 1 aliphatic rings. The van der Waals surface area contributed by atoms with E-state index in [1.807, 2.05) is 0 Å². The first-order chi connectivity index (χ1) is 11.4. The van der Waals surface area contributed by atoms with Crippen molar-refractivity contribution in [2.75, 3.05) is 6.26 Å². The molecule has 5 nitrogen and oxygen atoms in total. The number of oxime groups is 1. The fraction of sp³-hybridized carbons (Fsp3) is 0.412. The molecule has 1 aromatic rings. The first-order valence-electron chi connectivity index (χ1n) is 7.38. The molecule has 2 unspecified atom stereocenters. The lowest BCUT2D eigenvalue weighted by molar-refractivity contribution is -0.132. The number of carbonyl (C=O) groups excluding carboxylic acids is 1. The topological polar surface area (TPSA) is 70.9 Å². The number of benzene rings is 1. The van der Waals surface area contributed by atoms with Crippen molar-refractivity contribution in [1.82, 2.24) is 5.48 Å². The summed E-state index contributed by atoms with van der Waals surface area (Å²) in [5, 5.41) is 12.8. The van der Waals surface area contributed by atoms with E-state index in [4.69, 9.17) is 10.0 Å². The van der Waals surface area contributed by atoms with E-state index in [2.05, 4.69) is 17.0 Å². The summed E-state index contributed by atoms with van der Waals surface area (Å²) in [5.74, 6) is 4.62. The van der Waals surface area contributed by atoms with Crippen LogP contribution in [0.3, 0.4) is 0 Å². The fourth-order valence-corrected chi connectivity index (χ4v) is 3.07. The smallest absolute Gasteiger partial charge is 0.259 e. The predicted octanol–water partition coefficient (Wildman–Crippen LogP) is 2.71. The largest absolute Gasteiger partial charge is 0.392 e. The van der Waals surface area contributed by atoms with Gasteiger partial charge >= 0.3 is 0 Å². The van der Waals surface area contributed by atoms with Crippen LogP contribution in [0.5, 0.6) is 0 Å². The minimum atomic E-state index is -0.858. The van der Waals surface area contributed by atoms with Crippen LogP contribution in [-0.4, -0.2) is 33.9 Å².